The molecule has 0 radical (unpaired) electrons. The fourth-order valence-corrected chi connectivity index (χ4v) is 2.20. The first-order chi connectivity index (χ1) is 7.66. The van der Waals surface area contributed by atoms with E-state index in [1.165, 1.54) is 49.2 Å². The van der Waals surface area contributed by atoms with Gasteiger partial charge in [-0.1, -0.05) is 30.3 Å². The zero-order chi connectivity index (χ0) is 11.4. The molecule has 1 aliphatic rings. The van der Waals surface area contributed by atoms with Gasteiger partial charge >= 0.3 is 0 Å². The summed E-state index contributed by atoms with van der Waals surface area (Å²) in [5.41, 5.74) is 1.46. The lowest BCUT2D eigenvalue weighted by Gasteiger charge is -2.39. The van der Waals surface area contributed by atoms with Crippen molar-refractivity contribution in [2.45, 2.75) is 6.42 Å². The van der Waals surface area contributed by atoms with Crippen LogP contribution in [0.2, 0.25) is 0 Å². The Labute approximate surface area is 99.1 Å². The zero-order valence-electron chi connectivity index (χ0n) is 10.5. The fourth-order valence-electron chi connectivity index (χ4n) is 2.20. The monoisotopic (exact) mass is 219 g/mol. The Morgan fingerprint density at radius 1 is 1.06 bits per heavy atom. The highest BCUT2D eigenvalue weighted by Crippen LogP contribution is 2.08. The Bertz CT molecular complexity index is 309. The molecule has 2 nitrogen and oxygen atoms in total. The molecule has 1 aliphatic heterocycles. The van der Waals surface area contributed by atoms with Crippen LogP contribution >= 0.6 is 0 Å². The SMILES string of the molecule is C[N+]1(C)CCN(CCc2ccccc2)CC1. The summed E-state index contributed by atoms with van der Waals surface area (Å²) in [6.45, 7) is 6.28. The predicted molar refractivity (Wildman–Crippen MR) is 68.4 cm³/mol. The number of rotatable bonds is 3. The average Bonchev–Trinajstić information content (AvgIpc) is 2.29. The van der Waals surface area contributed by atoms with Gasteiger partial charge in [0.25, 0.3) is 0 Å². The number of quaternary nitrogens is 1. The van der Waals surface area contributed by atoms with Crippen LogP contribution in [0.3, 0.4) is 0 Å². The minimum absolute atomic E-state index is 1.18. The van der Waals surface area contributed by atoms with E-state index < -0.39 is 0 Å². The standard InChI is InChI=1S/C14H23N2/c1-16(2)12-10-15(11-13-16)9-8-14-6-4-3-5-7-14/h3-7H,8-13H2,1-2H3/q+1. The molecule has 1 aromatic rings. The maximum Gasteiger partial charge on any atom is 0.0912 e. The van der Waals surface area contributed by atoms with E-state index in [1.807, 2.05) is 0 Å². The lowest BCUT2D eigenvalue weighted by molar-refractivity contribution is -0.894. The highest BCUT2D eigenvalue weighted by molar-refractivity contribution is 5.14. The van der Waals surface area contributed by atoms with Gasteiger partial charge in [0.2, 0.25) is 0 Å². The van der Waals surface area contributed by atoms with Gasteiger partial charge in [-0.3, -0.25) is 4.90 Å². The second-order valence-electron chi connectivity index (χ2n) is 5.46. The molecule has 1 saturated heterocycles. The van der Waals surface area contributed by atoms with Crippen molar-refractivity contribution in [3.8, 4) is 0 Å². The molecule has 2 rings (SSSR count). The van der Waals surface area contributed by atoms with Gasteiger partial charge in [-0.05, 0) is 12.0 Å². The molecule has 16 heavy (non-hydrogen) atoms. The van der Waals surface area contributed by atoms with E-state index in [0.717, 1.165) is 0 Å². The number of likely N-dealkylation sites (N-methyl/N-ethyl adjacent to an activating group) is 1. The molecular formula is C14H23N2+. The average molecular weight is 219 g/mol. The number of hydrogen-bond acceptors (Lipinski definition) is 1. The summed E-state index contributed by atoms with van der Waals surface area (Å²) in [6, 6.07) is 10.8. The summed E-state index contributed by atoms with van der Waals surface area (Å²) in [5.74, 6) is 0. The topological polar surface area (TPSA) is 3.24 Å². The Morgan fingerprint density at radius 2 is 1.69 bits per heavy atom. The van der Waals surface area contributed by atoms with Crippen LogP contribution in [-0.2, 0) is 6.42 Å². The zero-order valence-corrected chi connectivity index (χ0v) is 10.5. The molecule has 88 valence electrons. The van der Waals surface area contributed by atoms with E-state index in [2.05, 4.69) is 49.3 Å². The summed E-state index contributed by atoms with van der Waals surface area (Å²) in [6.07, 6.45) is 1.19. The van der Waals surface area contributed by atoms with E-state index in [0.29, 0.717) is 0 Å². The molecule has 0 N–H and O–H groups in total. The summed E-state index contributed by atoms with van der Waals surface area (Å²) >= 11 is 0. The van der Waals surface area contributed by atoms with Gasteiger partial charge in [-0.15, -0.1) is 0 Å². The second kappa shape index (κ2) is 4.98. The van der Waals surface area contributed by atoms with Crippen molar-refractivity contribution < 1.29 is 4.48 Å². The summed E-state index contributed by atoms with van der Waals surface area (Å²) < 4.78 is 1.18. The maximum absolute atomic E-state index is 2.59. The molecule has 1 fully saturated rings. The summed E-state index contributed by atoms with van der Waals surface area (Å²) in [7, 11) is 4.66. The molecule has 0 saturated carbocycles. The smallest absolute Gasteiger partial charge is 0.0912 e. The van der Waals surface area contributed by atoms with Crippen LogP contribution in [0.15, 0.2) is 30.3 Å². The first-order valence-corrected chi connectivity index (χ1v) is 6.24. The number of nitrogens with zero attached hydrogens (tertiary/aromatic N) is 2. The van der Waals surface area contributed by atoms with Gasteiger partial charge in [-0.25, -0.2) is 0 Å². The van der Waals surface area contributed by atoms with Crippen LogP contribution in [0.1, 0.15) is 5.56 Å². The highest BCUT2D eigenvalue weighted by atomic mass is 15.4. The molecule has 0 aromatic heterocycles. The highest BCUT2D eigenvalue weighted by Gasteiger charge is 2.23. The molecule has 2 heteroatoms. The van der Waals surface area contributed by atoms with Gasteiger partial charge in [0, 0.05) is 19.6 Å². The Morgan fingerprint density at radius 3 is 2.31 bits per heavy atom. The molecule has 0 aliphatic carbocycles. The Balaban J connectivity index is 1.76. The molecule has 1 heterocycles. The quantitative estimate of drug-likeness (QED) is 0.698. The van der Waals surface area contributed by atoms with Gasteiger partial charge in [0.15, 0.2) is 0 Å². The number of piperazine rings is 1. The van der Waals surface area contributed by atoms with Gasteiger partial charge in [0.05, 0.1) is 27.2 Å². The van der Waals surface area contributed by atoms with Crippen molar-refractivity contribution in [1.29, 1.82) is 0 Å². The van der Waals surface area contributed by atoms with Gasteiger partial charge in [-0.2, -0.15) is 0 Å². The van der Waals surface area contributed by atoms with E-state index in [9.17, 15) is 0 Å². The van der Waals surface area contributed by atoms with Crippen molar-refractivity contribution in [3.63, 3.8) is 0 Å². The van der Waals surface area contributed by atoms with Crippen molar-refractivity contribution in [3.05, 3.63) is 35.9 Å². The third-order valence-corrected chi connectivity index (χ3v) is 3.60. The van der Waals surface area contributed by atoms with Crippen LogP contribution in [0.25, 0.3) is 0 Å². The minimum Gasteiger partial charge on any atom is -0.326 e. The lowest BCUT2D eigenvalue weighted by atomic mass is 10.1. The Hall–Kier alpha value is -0.860. The maximum atomic E-state index is 2.59. The first-order valence-electron chi connectivity index (χ1n) is 6.24. The van der Waals surface area contributed by atoms with Crippen molar-refractivity contribution in [2.24, 2.45) is 0 Å². The van der Waals surface area contributed by atoms with E-state index in [-0.39, 0.29) is 0 Å². The van der Waals surface area contributed by atoms with Crippen LogP contribution < -0.4 is 0 Å². The van der Waals surface area contributed by atoms with Gasteiger partial charge in [0.1, 0.15) is 0 Å². The molecular weight excluding hydrogens is 196 g/mol. The van der Waals surface area contributed by atoms with Crippen molar-refractivity contribution in [2.75, 3.05) is 46.8 Å². The molecule has 0 atom stereocenters. The van der Waals surface area contributed by atoms with Crippen molar-refractivity contribution >= 4 is 0 Å². The van der Waals surface area contributed by atoms with E-state index in [1.54, 1.807) is 0 Å². The molecule has 1 aromatic carbocycles. The fraction of sp³-hybridized carbons (Fsp3) is 0.571. The predicted octanol–water partition coefficient (Wildman–Crippen LogP) is 1.62. The molecule has 0 amide bonds. The van der Waals surface area contributed by atoms with Crippen LogP contribution in [0, 0.1) is 0 Å². The summed E-state index contributed by atoms with van der Waals surface area (Å²) in [4.78, 5) is 2.59. The van der Waals surface area contributed by atoms with Crippen LogP contribution in [-0.4, -0.2) is 56.2 Å². The van der Waals surface area contributed by atoms with Gasteiger partial charge < -0.3 is 4.48 Å². The minimum atomic E-state index is 1.18. The molecule has 0 spiro atoms. The second-order valence-corrected chi connectivity index (χ2v) is 5.46. The number of hydrogen-bond donors (Lipinski definition) is 0. The third kappa shape index (κ3) is 3.32. The third-order valence-electron chi connectivity index (χ3n) is 3.60. The normalized spacial score (nSPS) is 20.9. The lowest BCUT2D eigenvalue weighted by Crippen LogP contribution is -2.54. The molecule has 0 bridgehead atoms. The van der Waals surface area contributed by atoms with Crippen LogP contribution in [0.5, 0.6) is 0 Å². The van der Waals surface area contributed by atoms with Crippen molar-refractivity contribution in [1.82, 2.24) is 4.90 Å². The Kier molecular flexibility index (Phi) is 3.62. The van der Waals surface area contributed by atoms with Crippen LogP contribution in [0.4, 0.5) is 0 Å². The summed E-state index contributed by atoms with van der Waals surface area (Å²) in [5, 5.41) is 0. The largest absolute Gasteiger partial charge is 0.326 e. The number of benzene rings is 1. The van der Waals surface area contributed by atoms with E-state index >= 15 is 0 Å². The first kappa shape index (κ1) is 11.6. The van der Waals surface area contributed by atoms with E-state index in [4.69, 9.17) is 0 Å². The molecule has 0 unspecified atom stereocenters.